The lowest BCUT2D eigenvalue weighted by Crippen LogP contribution is -2.17. The Labute approximate surface area is 185 Å². The summed E-state index contributed by atoms with van der Waals surface area (Å²) in [6, 6.07) is 10.2. The molecule has 0 aliphatic carbocycles. The van der Waals surface area contributed by atoms with Crippen LogP contribution in [-0.4, -0.2) is 31.3 Å². The molecule has 32 heavy (non-hydrogen) atoms. The zero-order valence-electron chi connectivity index (χ0n) is 18.1. The van der Waals surface area contributed by atoms with Crippen molar-refractivity contribution in [1.29, 1.82) is 0 Å². The summed E-state index contributed by atoms with van der Waals surface area (Å²) < 4.78 is 43.8. The van der Waals surface area contributed by atoms with Gasteiger partial charge in [-0.15, -0.1) is 0 Å². The standard InChI is InChI=1S/C23H23FN2O5S/c1-13-5-6-17(9-14(13)2)26-15(3)10-19(16(26)4)22(27)12-31-23(28)20-11-18(32(25,29)30)7-8-21(20)24/h5-11H,12H2,1-4H3,(H2,25,29,30). The van der Waals surface area contributed by atoms with Crippen LogP contribution in [0.15, 0.2) is 47.4 Å². The van der Waals surface area contributed by atoms with Crippen molar-refractivity contribution in [2.24, 2.45) is 5.14 Å². The maximum Gasteiger partial charge on any atom is 0.341 e. The Bertz CT molecular complexity index is 1340. The van der Waals surface area contributed by atoms with Gasteiger partial charge in [0, 0.05) is 22.6 Å². The number of carbonyl (C=O) groups excluding carboxylic acids is 2. The summed E-state index contributed by atoms with van der Waals surface area (Å²) >= 11 is 0. The number of carbonyl (C=O) groups is 2. The van der Waals surface area contributed by atoms with Crippen molar-refractivity contribution in [1.82, 2.24) is 4.57 Å². The highest BCUT2D eigenvalue weighted by Gasteiger charge is 2.21. The van der Waals surface area contributed by atoms with E-state index < -0.39 is 44.7 Å². The second kappa shape index (κ2) is 8.68. The molecule has 0 aliphatic rings. The lowest BCUT2D eigenvalue weighted by molar-refractivity contribution is 0.0469. The second-order valence-corrected chi connectivity index (χ2v) is 9.14. The molecule has 0 atom stereocenters. The van der Waals surface area contributed by atoms with Crippen molar-refractivity contribution in [3.05, 3.63) is 81.9 Å². The van der Waals surface area contributed by atoms with E-state index in [0.717, 1.165) is 40.7 Å². The van der Waals surface area contributed by atoms with Gasteiger partial charge in [-0.1, -0.05) is 6.07 Å². The molecule has 7 nitrogen and oxygen atoms in total. The molecule has 0 fully saturated rings. The Morgan fingerprint density at radius 3 is 2.28 bits per heavy atom. The fraction of sp³-hybridized carbons (Fsp3) is 0.217. The third-order valence-electron chi connectivity index (χ3n) is 5.30. The third kappa shape index (κ3) is 4.63. The highest BCUT2D eigenvalue weighted by Crippen LogP contribution is 2.23. The van der Waals surface area contributed by atoms with E-state index in [1.165, 1.54) is 0 Å². The van der Waals surface area contributed by atoms with Gasteiger partial charge in [-0.3, -0.25) is 4.79 Å². The van der Waals surface area contributed by atoms with Crippen LogP contribution in [0.1, 0.15) is 43.2 Å². The molecule has 0 radical (unpaired) electrons. The summed E-state index contributed by atoms with van der Waals surface area (Å²) in [6.45, 7) is 7.03. The lowest BCUT2D eigenvalue weighted by Gasteiger charge is -2.12. The van der Waals surface area contributed by atoms with Crippen LogP contribution in [0.4, 0.5) is 4.39 Å². The minimum Gasteiger partial charge on any atom is -0.454 e. The number of esters is 1. The zero-order chi connectivity index (χ0) is 23.8. The maximum atomic E-state index is 14.0. The average molecular weight is 459 g/mol. The van der Waals surface area contributed by atoms with Crippen LogP contribution in [0.2, 0.25) is 0 Å². The van der Waals surface area contributed by atoms with E-state index in [1.807, 2.05) is 43.5 Å². The number of sulfonamides is 1. The molecular weight excluding hydrogens is 435 g/mol. The molecule has 2 aromatic carbocycles. The molecule has 0 bridgehead atoms. The Morgan fingerprint density at radius 1 is 0.969 bits per heavy atom. The third-order valence-corrected chi connectivity index (χ3v) is 6.21. The quantitative estimate of drug-likeness (QED) is 0.449. The molecule has 0 unspecified atom stereocenters. The van der Waals surface area contributed by atoms with Gasteiger partial charge in [0.1, 0.15) is 5.82 Å². The van der Waals surface area contributed by atoms with Gasteiger partial charge in [-0.05, 0) is 75.2 Å². The topological polar surface area (TPSA) is 108 Å². The average Bonchev–Trinajstić information content (AvgIpc) is 3.01. The molecule has 2 N–H and O–H groups in total. The Morgan fingerprint density at radius 2 is 1.66 bits per heavy atom. The van der Waals surface area contributed by atoms with E-state index in [9.17, 15) is 22.4 Å². The monoisotopic (exact) mass is 458 g/mol. The van der Waals surface area contributed by atoms with Crippen LogP contribution >= 0.6 is 0 Å². The van der Waals surface area contributed by atoms with E-state index in [4.69, 9.17) is 9.88 Å². The van der Waals surface area contributed by atoms with Crippen molar-refractivity contribution in [2.45, 2.75) is 32.6 Å². The van der Waals surface area contributed by atoms with Gasteiger partial charge in [0.15, 0.2) is 6.61 Å². The molecule has 1 heterocycles. The molecule has 9 heteroatoms. The van der Waals surface area contributed by atoms with Gasteiger partial charge < -0.3 is 9.30 Å². The fourth-order valence-electron chi connectivity index (χ4n) is 3.43. The van der Waals surface area contributed by atoms with Gasteiger partial charge in [-0.25, -0.2) is 22.7 Å². The number of benzene rings is 2. The number of aryl methyl sites for hydroxylation is 3. The van der Waals surface area contributed by atoms with E-state index in [-0.39, 0.29) is 0 Å². The Kier molecular flexibility index (Phi) is 6.34. The SMILES string of the molecule is Cc1ccc(-n2c(C)cc(C(=O)COC(=O)c3cc(S(N)(=O)=O)ccc3F)c2C)cc1C. The normalized spacial score (nSPS) is 11.4. The first-order valence-corrected chi connectivity index (χ1v) is 11.2. The first-order chi connectivity index (χ1) is 14.9. The number of ether oxygens (including phenoxy) is 1. The molecule has 0 saturated heterocycles. The summed E-state index contributed by atoms with van der Waals surface area (Å²) in [4.78, 5) is 24.6. The molecule has 168 valence electrons. The van der Waals surface area contributed by atoms with Crippen LogP contribution < -0.4 is 5.14 Å². The van der Waals surface area contributed by atoms with E-state index in [2.05, 4.69) is 0 Å². The van der Waals surface area contributed by atoms with Crippen molar-refractivity contribution in [3.8, 4) is 5.69 Å². The van der Waals surface area contributed by atoms with Crippen LogP contribution in [0.25, 0.3) is 5.69 Å². The van der Waals surface area contributed by atoms with Crippen LogP contribution in [0.3, 0.4) is 0 Å². The highest BCUT2D eigenvalue weighted by molar-refractivity contribution is 7.89. The number of aromatic nitrogens is 1. The minimum absolute atomic E-state index is 0.368. The van der Waals surface area contributed by atoms with Crippen LogP contribution in [0, 0.1) is 33.5 Å². The van der Waals surface area contributed by atoms with Crippen molar-refractivity contribution in [2.75, 3.05) is 6.61 Å². The number of Topliss-reactive ketones (excluding diaryl/α,β-unsaturated/α-hetero) is 1. The number of nitrogens with two attached hydrogens (primary N) is 1. The lowest BCUT2D eigenvalue weighted by atomic mass is 10.1. The summed E-state index contributed by atoms with van der Waals surface area (Å²) in [6.07, 6.45) is 0. The molecule has 0 aliphatic heterocycles. The van der Waals surface area contributed by atoms with Crippen molar-refractivity contribution < 1.29 is 27.1 Å². The maximum absolute atomic E-state index is 14.0. The highest BCUT2D eigenvalue weighted by atomic mass is 32.2. The number of ketones is 1. The first kappa shape index (κ1) is 23.4. The van der Waals surface area contributed by atoms with E-state index in [0.29, 0.717) is 11.3 Å². The summed E-state index contributed by atoms with van der Waals surface area (Å²) in [5, 5.41) is 5.01. The van der Waals surface area contributed by atoms with Gasteiger partial charge >= 0.3 is 5.97 Å². The number of primary sulfonamides is 1. The predicted octanol–water partition coefficient (Wildman–Crippen LogP) is 3.54. The largest absolute Gasteiger partial charge is 0.454 e. The van der Waals surface area contributed by atoms with Gasteiger partial charge in [0.2, 0.25) is 15.8 Å². The number of hydrogen-bond acceptors (Lipinski definition) is 5. The second-order valence-electron chi connectivity index (χ2n) is 7.57. The molecule has 1 aromatic heterocycles. The first-order valence-electron chi connectivity index (χ1n) is 9.69. The molecule has 0 spiro atoms. The number of halogens is 1. The smallest absolute Gasteiger partial charge is 0.341 e. The number of nitrogens with zero attached hydrogens (tertiary/aromatic N) is 1. The molecular formula is C23H23FN2O5S. The molecule has 3 aromatic rings. The van der Waals surface area contributed by atoms with E-state index in [1.54, 1.807) is 13.0 Å². The minimum atomic E-state index is -4.13. The summed E-state index contributed by atoms with van der Waals surface area (Å²) in [7, 11) is -4.13. The van der Waals surface area contributed by atoms with Crippen LogP contribution in [0.5, 0.6) is 0 Å². The number of hydrogen-bond donors (Lipinski definition) is 1. The Balaban J connectivity index is 1.82. The van der Waals surface area contributed by atoms with E-state index >= 15 is 0 Å². The van der Waals surface area contributed by atoms with Gasteiger partial charge in [0.05, 0.1) is 10.5 Å². The summed E-state index contributed by atoms with van der Waals surface area (Å²) in [5.74, 6) is -2.61. The van der Waals surface area contributed by atoms with Crippen molar-refractivity contribution >= 4 is 21.8 Å². The van der Waals surface area contributed by atoms with Gasteiger partial charge in [-0.2, -0.15) is 0 Å². The number of rotatable bonds is 6. The summed E-state index contributed by atoms with van der Waals surface area (Å²) in [5.41, 5.74) is 4.42. The molecule has 0 amide bonds. The Hall–Kier alpha value is -3.30. The predicted molar refractivity (Wildman–Crippen MR) is 117 cm³/mol. The molecule has 3 rings (SSSR count). The van der Waals surface area contributed by atoms with Crippen molar-refractivity contribution in [3.63, 3.8) is 0 Å². The van der Waals surface area contributed by atoms with Crippen LogP contribution in [-0.2, 0) is 14.8 Å². The van der Waals surface area contributed by atoms with Gasteiger partial charge in [0.25, 0.3) is 0 Å². The zero-order valence-corrected chi connectivity index (χ0v) is 18.9. The fourth-order valence-corrected chi connectivity index (χ4v) is 3.97. The molecule has 0 saturated carbocycles.